The lowest BCUT2D eigenvalue weighted by atomic mass is 10.1. The summed E-state index contributed by atoms with van der Waals surface area (Å²) in [5, 5.41) is 6.12. The maximum absolute atomic E-state index is 11.9. The topological polar surface area (TPSA) is 41.1 Å². The Morgan fingerprint density at radius 1 is 1.24 bits per heavy atom. The van der Waals surface area contributed by atoms with E-state index in [1.54, 1.807) is 0 Å². The van der Waals surface area contributed by atoms with Crippen LogP contribution in [0.2, 0.25) is 0 Å². The number of nitrogens with one attached hydrogen (secondary N) is 2. The molecule has 0 aromatic heterocycles. The molecule has 0 saturated heterocycles. The first-order chi connectivity index (χ1) is 7.78. The molecule has 0 aliphatic rings. The monoisotopic (exact) mass is 346 g/mol. The van der Waals surface area contributed by atoms with Crippen molar-refractivity contribution in [3.63, 3.8) is 0 Å². The summed E-state index contributed by atoms with van der Waals surface area (Å²) in [7, 11) is 0. The van der Waals surface area contributed by atoms with Gasteiger partial charge in [-0.15, -0.1) is 0 Å². The summed E-state index contributed by atoms with van der Waals surface area (Å²) < 4.78 is 1.18. The first-order valence-electron chi connectivity index (χ1n) is 5.62. The van der Waals surface area contributed by atoms with Crippen LogP contribution in [0.5, 0.6) is 0 Å². The molecule has 3 nitrogen and oxygen atoms in total. The summed E-state index contributed by atoms with van der Waals surface area (Å²) in [6.45, 7) is 7.78. The Morgan fingerprint density at radius 2 is 1.76 bits per heavy atom. The lowest BCUT2D eigenvalue weighted by molar-refractivity contribution is -0.122. The van der Waals surface area contributed by atoms with Gasteiger partial charge < -0.3 is 10.6 Å². The van der Waals surface area contributed by atoms with E-state index in [2.05, 4.69) is 33.2 Å². The summed E-state index contributed by atoms with van der Waals surface area (Å²) in [4.78, 5) is 11.9. The molecule has 1 amide bonds. The SMILES string of the molecule is C[C@H](Nc1ccc(I)cc1)C(=O)NC(C)(C)C. The van der Waals surface area contributed by atoms with Gasteiger partial charge in [-0.3, -0.25) is 4.79 Å². The summed E-state index contributed by atoms with van der Waals surface area (Å²) >= 11 is 2.25. The minimum absolute atomic E-state index is 0.0102. The van der Waals surface area contributed by atoms with Gasteiger partial charge in [-0.1, -0.05) is 0 Å². The Kier molecular flexibility index (Phi) is 4.80. The van der Waals surface area contributed by atoms with Gasteiger partial charge in [0.25, 0.3) is 0 Å². The smallest absolute Gasteiger partial charge is 0.242 e. The van der Waals surface area contributed by atoms with Crippen molar-refractivity contribution in [1.82, 2.24) is 5.32 Å². The number of halogens is 1. The van der Waals surface area contributed by atoms with Crippen molar-refractivity contribution in [2.24, 2.45) is 0 Å². The van der Waals surface area contributed by atoms with Crippen LogP contribution < -0.4 is 10.6 Å². The van der Waals surface area contributed by atoms with Crippen LogP contribution >= 0.6 is 22.6 Å². The quantitative estimate of drug-likeness (QED) is 0.827. The molecule has 0 radical (unpaired) electrons. The van der Waals surface area contributed by atoms with Crippen LogP contribution in [0.1, 0.15) is 27.7 Å². The van der Waals surface area contributed by atoms with Crippen LogP contribution in [-0.4, -0.2) is 17.5 Å². The molecule has 0 aliphatic heterocycles. The second kappa shape index (κ2) is 5.71. The van der Waals surface area contributed by atoms with E-state index in [4.69, 9.17) is 0 Å². The van der Waals surface area contributed by atoms with E-state index >= 15 is 0 Å². The van der Waals surface area contributed by atoms with Crippen molar-refractivity contribution in [3.05, 3.63) is 27.8 Å². The molecule has 0 aliphatic carbocycles. The maximum Gasteiger partial charge on any atom is 0.242 e. The van der Waals surface area contributed by atoms with Crippen molar-refractivity contribution < 1.29 is 4.79 Å². The van der Waals surface area contributed by atoms with Crippen molar-refractivity contribution in [3.8, 4) is 0 Å². The largest absolute Gasteiger partial charge is 0.374 e. The van der Waals surface area contributed by atoms with Crippen LogP contribution in [-0.2, 0) is 4.79 Å². The fourth-order valence-corrected chi connectivity index (χ4v) is 1.70. The Morgan fingerprint density at radius 3 is 2.24 bits per heavy atom. The summed E-state index contributed by atoms with van der Waals surface area (Å²) in [5.41, 5.74) is 0.765. The minimum Gasteiger partial charge on any atom is -0.374 e. The molecule has 4 heteroatoms. The van der Waals surface area contributed by atoms with E-state index in [1.165, 1.54) is 3.57 Å². The number of carbonyl (C=O) groups is 1. The molecule has 1 aromatic carbocycles. The highest BCUT2D eigenvalue weighted by Crippen LogP contribution is 2.12. The van der Waals surface area contributed by atoms with Gasteiger partial charge >= 0.3 is 0 Å². The molecule has 2 N–H and O–H groups in total. The molecular formula is C13H19IN2O. The molecule has 0 fully saturated rings. The average Bonchev–Trinajstić information content (AvgIpc) is 2.19. The third kappa shape index (κ3) is 5.39. The van der Waals surface area contributed by atoms with Gasteiger partial charge in [0.15, 0.2) is 0 Å². The molecule has 1 aromatic rings. The fraction of sp³-hybridized carbons (Fsp3) is 0.462. The molecule has 0 heterocycles. The number of hydrogen-bond donors (Lipinski definition) is 2. The van der Waals surface area contributed by atoms with Gasteiger partial charge in [0.05, 0.1) is 0 Å². The molecule has 0 unspecified atom stereocenters. The highest BCUT2D eigenvalue weighted by atomic mass is 127. The summed E-state index contributed by atoms with van der Waals surface area (Å²) in [5.74, 6) is 0.0102. The van der Waals surface area contributed by atoms with Crippen LogP contribution in [0.25, 0.3) is 0 Å². The third-order valence-electron chi connectivity index (χ3n) is 2.12. The molecule has 1 rings (SSSR count). The van der Waals surface area contributed by atoms with Crippen LogP contribution in [0.3, 0.4) is 0 Å². The van der Waals surface area contributed by atoms with Gasteiger partial charge in [0.1, 0.15) is 6.04 Å². The maximum atomic E-state index is 11.9. The van der Waals surface area contributed by atoms with Crippen molar-refractivity contribution in [1.29, 1.82) is 0 Å². The zero-order chi connectivity index (χ0) is 13.1. The third-order valence-corrected chi connectivity index (χ3v) is 2.84. The number of anilines is 1. The highest BCUT2D eigenvalue weighted by Gasteiger charge is 2.18. The molecular weight excluding hydrogens is 327 g/mol. The summed E-state index contributed by atoms with van der Waals surface area (Å²) in [6.07, 6.45) is 0. The van der Waals surface area contributed by atoms with Crippen LogP contribution in [0, 0.1) is 3.57 Å². The van der Waals surface area contributed by atoms with Gasteiger partial charge in [-0.05, 0) is 74.6 Å². The average molecular weight is 346 g/mol. The molecule has 1 atom stereocenters. The second-order valence-corrected chi connectivity index (χ2v) is 6.36. The van der Waals surface area contributed by atoms with Crippen molar-refractivity contribution in [2.75, 3.05) is 5.32 Å². The molecule has 94 valence electrons. The Hall–Kier alpha value is -0.780. The van der Waals surface area contributed by atoms with E-state index in [-0.39, 0.29) is 17.5 Å². The Balaban J connectivity index is 2.57. The lowest BCUT2D eigenvalue weighted by Crippen LogP contribution is -2.47. The number of carbonyl (C=O) groups excluding carboxylic acids is 1. The molecule has 0 saturated carbocycles. The van der Waals surface area contributed by atoms with Crippen molar-refractivity contribution in [2.45, 2.75) is 39.3 Å². The number of amides is 1. The van der Waals surface area contributed by atoms with E-state index < -0.39 is 0 Å². The zero-order valence-corrected chi connectivity index (χ0v) is 12.8. The lowest BCUT2D eigenvalue weighted by Gasteiger charge is -2.24. The highest BCUT2D eigenvalue weighted by molar-refractivity contribution is 14.1. The van der Waals surface area contributed by atoms with Gasteiger partial charge in [-0.2, -0.15) is 0 Å². The number of hydrogen-bond acceptors (Lipinski definition) is 2. The van der Waals surface area contributed by atoms with Gasteiger partial charge in [-0.25, -0.2) is 0 Å². The fourth-order valence-electron chi connectivity index (χ4n) is 1.34. The normalized spacial score (nSPS) is 13.0. The first-order valence-corrected chi connectivity index (χ1v) is 6.70. The molecule has 0 spiro atoms. The van der Waals surface area contributed by atoms with Gasteiger partial charge in [0, 0.05) is 14.8 Å². The standard InChI is InChI=1S/C13H19IN2O/c1-9(12(17)16-13(2,3)4)15-11-7-5-10(14)6-8-11/h5-9,15H,1-4H3,(H,16,17)/t9-/m0/s1. The number of benzene rings is 1. The minimum atomic E-state index is -0.241. The predicted molar refractivity (Wildman–Crippen MR) is 80.1 cm³/mol. The second-order valence-electron chi connectivity index (χ2n) is 5.11. The summed E-state index contributed by atoms with van der Waals surface area (Å²) in [6, 6.07) is 7.73. The zero-order valence-electron chi connectivity index (χ0n) is 10.7. The van der Waals surface area contributed by atoms with E-state index in [1.807, 2.05) is 52.0 Å². The Bertz CT molecular complexity index is 381. The number of rotatable bonds is 3. The predicted octanol–water partition coefficient (Wildman–Crippen LogP) is 3.01. The van der Waals surface area contributed by atoms with Crippen LogP contribution in [0.15, 0.2) is 24.3 Å². The van der Waals surface area contributed by atoms with E-state index in [9.17, 15) is 4.79 Å². The van der Waals surface area contributed by atoms with Crippen LogP contribution in [0.4, 0.5) is 5.69 Å². The molecule has 0 bridgehead atoms. The van der Waals surface area contributed by atoms with Crippen molar-refractivity contribution >= 4 is 34.2 Å². The van der Waals surface area contributed by atoms with E-state index in [0.29, 0.717) is 0 Å². The van der Waals surface area contributed by atoms with E-state index in [0.717, 1.165) is 5.69 Å². The first kappa shape index (κ1) is 14.3. The molecule has 17 heavy (non-hydrogen) atoms. The Labute approximate surface area is 117 Å². The van der Waals surface area contributed by atoms with Gasteiger partial charge in [0.2, 0.25) is 5.91 Å².